The van der Waals surface area contributed by atoms with Gasteiger partial charge in [-0.2, -0.15) is 0 Å². The Hall–Kier alpha value is 0.929. The first-order chi connectivity index (χ1) is 8.35. The molecule has 0 rings (SSSR count). The summed E-state index contributed by atoms with van der Waals surface area (Å²) in [6, 6.07) is 0. The molecule has 0 saturated carbocycles. The van der Waals surface area contributed by atoms with Crippen molar-refractivity contribution < 1.29 is 28.9 Å². The molecule has 0 saturated heterocycles. The molecule has 6 heteroatoms. The number of unbranched alkanes of at least 4 members (excludes halogenated alkanes) is 3. The Morgan fingerprint density at radius 2 is 0.889 bits per heavy atom. The Labute approximate surface area is 121 Å². The fourth-order valence-corrected chi connectivity index (χ4v) is 11.1. The van der Waals surface area contributed by atoms with Gasteiger partial charge in [0.1, 0.15) is 0 Å². The zero-order valence-electron chi connectivity index (χ0n) is 11.9. The molecular weight excluding hydrogens is 362 g/mol. The smallest absolute Gasteiger partial charge is 0.112 e. The van der Waals surface area contributed by atoms with Crippen molar-refractivity contribution in [1.29, 1.82) is 0 Å². The van der Waals surface area contributed by atoms with Crippen molar-refractivity contribution >= 4 is 19.8 Å². The molecule has 4 nitrogen and oxygen atoms in total. The second-order valence-electron chi connectivity index (χ2n) is 4.44. The summed E-state index contributed by atoms with van der Waals surface area (Å²) in [4.78, 5) is 0. The monoisotopic (exact) mass is 390 g/mol. The first kappa shape index (κ1) is 21.2. The van der Waals surface area contributed by atoms with Gasteiger partial charge in [0.25, 0.3) is 0 Å². The first-order valence-electron chi connectivity index (χ1n) is 6.80. The van der Waals surface area contributed by atoms with E-state index in [-0.39, 0.29) is 0 Å². The summed E-state index contributed by atoms with van der Waals surface area (Å²) in [5, 5.41) is 0. The Bertz CT molecular complexity index is 140. The molecular formula is C12H27ClO4Sn. The van der Waals surface area contributed by atoms with E-state index in [9.17, 15) is 0 Å². The van der Waals surface area contributed by atoms with Gasteiger partial charge in [0.2, 0.25) is 0 Å². The first-order valence-corrected chi connectivity index (χ1v) is 14.1. The van der Waals surface area contributed by atoms with E-state index in [4.69, 9.17) is 18.6 Å². The summed E-state index contributed by atoms with van der Waals surface area (Å²) in [6.07, 6.45) is 8.85. The van der Waals surface area contributed by atoms with Crippen LogP contribution < -0.4 is 18.6 Å². The van der Waals surface area contributed by atoms with Crippen molar-refractivity contribution in [1.82, 2.24) is 0 Å². The standard InChI is InChI=1S/3C4H9.ClHO4.Sn/c3*1-3-4-2;2-1(3,4)5;/h3*1,3-4H2,2H3;(H,2,3,4,5);/q;;;;+1/p-1. The predicted molar refractivity (Wildman–Crippen MR) is 64.9 cm³/mol. The molecule has 0 spiro atoms. The summed E-state index contributed by atoms with van der Waals surface area (Å²) in [5.41, 5.74) is 0. The third-order valence-corrected chi connectivity index (χ3v) is 11.7. The predicted octanol–water partition coefficient (Wildman–Crippen LogP) is 0.126. The molecule has 0 atom stereocenters. The van der Waals surface area contributed by atoms with Gasteiger partial charge >= 0.3 is 92.4 Å². The van der Waals surface area contributed by atoms with E-state index < -0.39 is 30.0 Å². The fourth-order valence-electron chi connectivity index (χ4n) is 1.66. The van der Waals surface area contributed by atoms with Gasteiger partial charge in [0.15, 0.2) is 0 Å². The van der Waals surface area contributed by atoms with Crippen molar-refractivity contribution in [2.24, 2.45) is 0 Å². The Kier molecular flexibility index (Phi) is 16.9. The van der Waals surface area contributed by atoms with E-state index in [1.54, 1.807) is 13.3 Å². The van der Waals surface area contributed by atoms with Crippen LogP contribution in [-0.4, -0.2) is 19.8 Å². The van der Waals surface area contributed by atoms with Crippen molar-refractivity contribution in [3.8, 4) is 0 Å². The normalized spacial score (nSPS) is 10.8. The van der Waals surface area contributed by atoms with Crippen LogP contribution in [0, 0.1) is 10.2 Å². The van der Waals surface area contributed by atoms with Gasteiger partial charge in [0.05, 0.1) is 0 Å². The van der Waals surface area contributed by atoms with E-state index in [2.05, 4.69) is 20.8 Å². The number of hydrogen-bond donors (Lipinski definition) is 0. The van der Waals surface area contributed by atoms with Crippen LogP contribution in [0.5, 0.6) is 0 Å². The average molecular weight is 390 g/mol. The van der Waals surface area contributed by atoms with Crippen LogP contribution in [0.1, 0.15) is 59.3 Å². The number of halogens is 1. The second kappa shape index (κ2) is 14.3. The van der Waals surface area contributed by atoms with Crippen molar-refractivity contribution in [3.05, 3.63) is 0 Å². The Morgan fingerprint density at radius 3 is 1.06 bits per heavy atom. The van der Waals surface area contributed by atoms with Crippen LogP contribution in [0.25, 0.3) is 0 Å². The minimum absolute atomic E-state index is 0.839. The summed E-state index contributed by atoms with van der Waals surface area (Å²) >= 11 is -0.839. The zero-order chi connectivity index (χ0) is 14.4. The molecule has 0 aromatic heterocycles. The van der Waals surface area contributed by atoms with Gasteiger partial charge in [-0.1, -0.05) is 0 Å². The van der Waals surface area contributed by atoms with E-state index in [0.717, 1.165) is 0 Å². The van der Waals surface area contributed by atoms with Crippen LogP contribution >= 0.6 is 0 Å². The second-order valence-corrected chi connectivity index (χ2v) is 13.8. The summed E-state index contributed by atoms with van der Waals surface area (Å²) in [6.45, 7) is 7.00. The summed E-state index contributed by atoms with van der Waals surface area (Å²) < 4.78 is 39.0. The van der Waals surface area contributed by atoms with Crippen LogP contribution in [-0.2, 0) is 0 Å². The quantitative estimate of drug-likeness (QED) is 0.524. The van der Waals surface area contributed by atoms with Crippen molar-refractivity contribution in [2.75, 3.05) is 0 Å². The van der Waals surface area contributed by atoms with Gasteiger partial charge in [0, 0.05) is 0 Å². The van der Waals surface area contributed by atoms with Crippen LogP contribution in [0.15, 0.2) is 0 Å². The minimum atomic E-state index is -4.94. The molecule has 0 fully saturated rings. The van der Waals surface area contributed by atoms with E-state index >= 15 is 0 Å². The molecule has 0 radical (unpaired) electrons. The zero-order valence-corrected chi connectivity index (χ0v) is 15.5. The van der Waals surface area contributed by atoms with E-state index in [1.165, 1.54) is 38.5 Å². The molecule has 0 amide bonds. The van der Waals surface area contributed by atoms with Gasteiger partial charge in [-0.25, -0.2) is 18.6 Å². The average Bonchev–Trinajstić information content (AvgIpc) is 2.26. The molecule has 0 aromatic carbocycles. The molecule has 0 bridgehead atoms. The Balaban J connectivity index is 0. The third-order valence-electron chi connectivity index (χ3n) is 2.65. The molecule has 0 aliphatic carbocycles. The fraction of sp³-hybridized carbons (Fsp3) is 1.00. The molecule has 0 N–H and O–H groups in total. The molecule has 0 unspecified atom stereocenters. The SMILES string of the molecule is CCC[CH2][Sn+]([CH2]CCC)[CH2]CCC.[O-][Cl+3]([O-])([O-])[O-]. The van der Waals surface area contributed by atoms with Gasteiger partial charge < -0.3 is 0 Å². The van der Waals surface area contributed by atoms with Crippen molar-refractivity contribution in [3.63, 3.8) is 0 Å². The minimum Gasteiger partial charge on any atom is -0.222 e. The maximum absolute atomic E-state index is 8.49. The van der Waals surface area contributed by atoms with Crippen LogP contribution in [0.4, 0.5) is 0 Å². The van der Waals surface area contributed by atoms with Crippen LogP contribution in [0.2, 0.25) is 13.3 Å². The van der Waals surface area contributed by atoms with E-state index in [1.807, 2.05) is 0 Å². The van der Waals surface area contributed by atoms with Crippen LogP contribution in [0.3, 0.4) is 0 Å². The van der Waals surface area contributed by atoms with E-state index in [0.29, 0.717) is 0 Å². The Morgan fingerprint density at radius 1 is 0.667 bits per heavy atom. The molecule has 110 valence electrons. The van der Waals surface area contributed by atoms with Gasteiger partial charge in [-0.05, 0) is 0 Å². The largest absolute Gasteiger partial charge is 0.222 e. The topological polar surface area (TPSA) is 92.2 Å². The maximum Gasteiger partial charge on any atom is -0.112 e. The molecule has 0 aromatic rings. The maximum atomic E-state index is 8.49. The number of rotatable bonds is 9. The summed E-state index contributed by atoms with van der Waals surface area (Å²) in [5.74, 6) is 0. The third kappa shape index (κ3) is 25.7. The van der Waals surface area contributed by atoms with Crippen molar-refractivity contribution in [2.45, 2.75) is 72.6 Å². The number of hydrogen-bond acceptors (Lipinski definition) is 4. The molecule has 18 heavy (non-hydrogen) atoms. The molecule has 0 aliphatic heterocycles. The van der Waals surface area contributed by atoms with Gasteiger partial charge in [-0.15, -0.1) is 10.2 Å². The van der Waals surface area contributed by atoms with Gasteiger partial charge in [-0.3, -0.25) is 0 Å². The molecule has 0 aliphatic rings. The molecule has 0 heterocycles. The summed E-state index contributed by atoms with van der Waals surface area (Å²) in [7, 11) is -4.94.